The molecule has 0 aromatic rings. The topological polar surface area (TPSA) is 114 Å². The van der Waals surface area contributed by atoms with Gasteiger partial charge in [0.15, 0.2) is 36.4 Å². The van der Waals surface area contributed by atoms with Crippen molar-refractivity contribution in [3.63, 3.8) is 0 Å². The lowest BCUT2D eigenvalue weighted by Gasteiger charge is -2.60. The first kappa shape index (κ1) is 39.3. The largest absolute Gasteiger partial charge is 0.378 e. The molecule has 0 N–H and O–H groups in total. The molecule has 0 radical (unpaired) electrons. The summed E-state index contributed by atoms with van der Waals surface area (Å²) in [5.41, 5.74) is -1.12. The average Bonchev–Trinajstić information content (AvgIpc) is 3.51. The molecule has 4 bridgehead atoms. The maximum atomic E-state index is 6.56. The molecule has 304 valence electrons. The van der Waals surface area contributed by atoms with E-state index >= 15 is 0 Å². The first-order valence-corrected chi connectivity index (χ1v) is 21.0. The van der Waals surface area contributed by atoms with Gasteiger partial charge in [0, 0.05) is 49.6 Å². The van der Waals surface area contributed by atoms with Gasteiger partial charge in [0.1, 0.15) is 0 Å². The molecule has 53 heavy (non-hydrogen) atoms. The fraction of sp³-hybridized carbons (Fsp3) is 1.00. The molecule has 13 nitrogen and oxygen atoms in total. The lowest BCUT2D eigenvalue weighted by atomic mass is 9.58. The van der Waals surface area contributed by atoms with Crippen molar-refractivity contribution < 1.29 is 57.4 Å². The number of fused-ring (bicyclic) bond motifs is 4. The van der Waals surface area contributed by atoms with Crippen molar-refractivity contribution >= 4 is 0 Å². The minimum absolute atomic E-state index is 0.156. The molecule has 0 aromatic carbocycles. The van der Waals surface area contributed by atoms with Gasteiger partial charge in [-0.2, -0.15) is 0 Å². The van der Waals surface area contributed by atoms with Crippen molar-refractivity contribution in [1.82, 2.24) is 4.90 Å². The van der Waals surface area contributed by atoms with Crippen LogP contribution >= 0.6 is 0 Å². The SMILES string of the molecule is C[C@@H]1CCC2[C@@H](C)[C@@H](OCCCN(C)CCOCCOCCO[C@H]3O[C@@H]4O[C@@]5(C)CCC6[C@H](C)CCC([C@H]3C)[C@]64OO5)O[C@@H]3O[C@@]4(C)CCC1[C@@]23OO4. The summed E-state index contributed by atoms with van der Waals surface area (Å²) in [5.74, 6) is 1.13. The number of ether oxygens (including phenoxy) is 8. The van der Waals surface area contributed by atoms with E-state index in [4.69, 9.17) is 57.4 Å². The van der Waals surface area contributed by atoms with Crippen molar-refractivity contribution in [1.29, 1.82) is 0 Å². The van der Waals surface area contributed by atoms with E-state index in [9.17, 15) is 0 Å². The molecule has 10 aliphatic rings. The molecular formula is C40H67NO12. The third-order valence-electron chi connectivity index (χ3n) is 14.7. The van der Waals surface area contributed by atoms with Gasteiger partial charge in [-0.05, 0) is 89.5 Å². The second kappa shape index (κ2) is 15.7. The van der Waals surface area contributed by atoms with Crippen molar-refractivity contribution in [2.45, 2.75) is 147 Å². The van der Waals surface area contributed by atoms with E-state index in [1.54, 1.807) is 0 Å². The smallest absolute Gasteiger partial charge is 0.201 e. The van der Waals surface area contributed by atoms with Gasteiger partial charge in [-0.25, -0.2) is 19.6 Å². The maximum absolute atomic E-state index is 6.56. The van der Waals surface area contributed by atoms with Crippen LogP contribution in [-0.4, -0.2) is 113 Å². The lowest BCUT2D eigenvalue weighted by molar-refractivity contribution is -0.577. The Balaban J connectivity index is 0.690. The van der Waals surface area contributed by atoms with Gasteiger partial charge in [-0.15, -0.1) is 0 Å². The van der Waals surface area contributed by atoms with Crippen molar-refractivity contribution in [2.24, 2.45) is 47.3 Å². The Hall–Kier alpha value is -0.520. The van der Waals surface area contributed by atoms with E-state index in [0.717, 1.165) is 58.0 Å². The Morgan fingerprint density at radius 2 is 1.04 bits per heavy atom. The molecule has 2 spiro atoms. The molecule has 10 fully saturated rings. The van der Waals surface area contributed by atoms with Crippen LogP contribution in [0.25, 0.3) is 0 Å². The highest BCUT2D eigenvalue weighted by Crippen LogP contribution is 2.62. The fourth-order valence-electron chi connectivity index (χ4n) is 11.5. The quantitative estimate of drug-likeness (QED) is 0.149. The summed E-state index contributed by atoms with van der Waals surface area (Å²) in [7, 11) is 2.12. The molecule has 2 aliphatic carbocycles. The van der Waals surface area contributed by atoms with Crippen LogP contribution in [0.4, 0.5) is 0 Å². The number of hydrogen-bond donors (Lipinski definition) is 0. The highest BCUT2D eigenvalue weighted by molar-refractivity contribution is 5.10. The summed E-state index contributed by atoms with van der Waals surface area (Å²) >= 11 is 0. The number of nitrogens with zero attached hydrogens (tertiary/aromatic N) is 1. The standard InChI is InChI=1S/C40H67NO12/c1-25-9-11-31-27(3)33(46-35-39(31)29(25)13-15-37(5,48-35)50-52-39)44-19-8-17-41(7)18-20-42-21-22-43-23-24-45-34-28(4)32-12-10-26(2)30-14-16-38(6)49-36(47-34)40(30,32)53-51-38/h25-36H,8-24H2,1-7H3/t25-,26-,27-,28-,29?,30?,31?,32?,33+,34+,35-,36-,37-,38-,39-,40-/m1/s1. The van der Waals surface area contributed by atoms with Gasteiger partial charge in [0.2, 0.25) is 11.6 Å². The molecule has 8 aliphatic heterocycles. The van der Waals surface area contributed by atoms with Gasteiger partial charge in [0.25, 0.3) is 0 Å². The molecule has 8 saturated heterocycles. The molecule has 10 rings (SSSR count). The number of rotatable bonds is 15. The van der Waals surface area contributed by atoms with E-state index < -0.39 is 35.4 Å². The molecule has 13 heteroatoms. The highest BCUT2D eigenvalue weighted by atomic mass is 17.3. The summed E-state index contributed by atoms with van der Waals surface area (Å²) < 4.78 is 50.3. The van der Waals surface area contributed by atoms with E-state index in [1.807, 2.05) is 13.8 Å². The van der Waals surface area contributed by atoms with Crippen LogP contribution in [0.1, 0.15) is 99.3 Å². The van der Waals surface area contributed by atoms with E-state index in [1.165, 1.54) is 12.8 Å². The summed E-state index contributed by atoms with van der Waals surface area (Å²) in [6.07, 6.45) is 7.42. The fourth-order valence-corrected chi connectivity index (χ4v) is 11.5. The van der Waals surface area contributed by atoms with Crippen LogP contribution < -0.4 is 0 Å². The monoisotopic (exact) mass is 753 g/mol. The average molecular weight is 754 g/mol. The second-order valence-corrected chi connectivity index (χ2v) is 18.2. The van der Waals surface area contributed by atoms with Gasteiger partial charge in [0.05, 0.1) is 39.6 Å². The van der Waals surface area contributed by atoms with Crippen LogP contribution in [-0.2, 0) is 57.4 Å². The Kier molecular flexibility index (Phi) is 11.6. The molecule has 8 heterocycles. The van der Waals surface area contributed by atoms with Crippen LogP contribution in [0.2, 0.25) is 0 Å². The minimum Gasteiger partial charge on any atom is -0.378 e. The van der Waals surface area contributed by atoms with E-state index in [2.05, 4.69) is 39.6 Å². The molecule has 0 aromatic heterocycles. The van der Waals surface area contributed by atoms with Crippen molar-refractivity contribution in [2.75, 3.05) is 59.8 Å². The second-order valence-electron chi connectivity index (χ2n) is 18.2. The third kappa shape index (κ3) is 7.18. The minimum atomic E-state index is -0.781. The van der Waals surface area contributed by atoms with Gasteiger partial charge < -0.3 is 42.8 Å². The summed E-state index contributed by atoms with van der Waals surface area (Å²) in [5, 5.41) is 0. The number of hydrogen-bond acceptors (Lipinski definition) is 13. The van der Waals surface area contributed by atoms with Gasteiger partial charge in [-0.3, -0.25) is 0 Å². The van der Waals surface area contributed by atoms with Gasteiger partial charge >= 0.3 is 0 Å². The molecule has 4 unspecified atom stereocenters. The maximum Gasteiger partial charge on any atom is 0.201 e. The normalized spacial score (nSPS) is 50.0. The zero-order chi connectivity index (χ0) is 37.0. The van der Waals surface area contributed by atoms with Crippen molar-refractivity contribution in [3.05, 3.63) is 0 Å². The zero-order valence-electron chi connectivity index (χ0n) is 33.3. The first-order chi connectivity index (χ1) is 25.5. The van der Waals surface area contributed by atoms with Crippen molar-refractivity contribution in [3.8, 4) is 0 Å². The Morgan fingerprint density at radius 3 is 1.58 bits per heavy atom. The molecular weight excluding hydrogens is 686 g/mol. The zero-order valence-corrected chi connectivity index (χ0v) is 33.3. The Labute approximate surface area is 316 Å². The highest BCUT2D eigenvalue weighted by Gasteiger charge is 2.71. The van der Waals surface area contributed by atoms with Crippen LogP contribution in [0, 0.1) is 47.3 Å². The third-order valence-corrected chi connectivity index (χ3v) is 14.7. The predicted octanol–water partition coefficient (Wildman–Crippen LogP) is 5.79. The van der Waals surface area contributed by atoms with Gasteiger partial charge in [-0.1, -0.05) is 27.7 Å². The van der Waals surface area contributed by atoms with Crippen LogP contribution in [0.5, 0.6) is 0 Å². The lowest BCUT2D eigenvalue weighted by Crippen LogP contribution is -2.70. The van der Waals surface area contributed by atoms with Crippen LogP contribution in [0.15, 0.2) is 0 Å². The molecule has 0 amide bonds. The first-order valence-electron chi connectivity index (χ1n) is 21.0. The predicted molar refractivity (Wildman–Crippen MR) is 189 cm³/mol. The van der Waals surface area contributed by atoms with E-state index in [0.29, 0.717) is 63.3 Å². The Morgan fingerprint density at radius 1 is 0.547 bits per heavy atom. The Bertz CT molecular complexity index is 1250. The molecule has 16 atom stereocenters. The van der Waals surface area contributed by atoms with E-state index in [-0.39, 0.29) is 36.3 Å². The molecule has 2 saturated carbocycles. The van der Waals surface area contributed by atoms with Crippen LogP contribution in [0.3, 0.4) is 0 Å². The number of likely N-dealkylation sites (N-methyl/N-ethyl adjacent to an activating group) is 1. The summed E-state index contributed by atoms with van der Waals surface area (Å²) in [6.45, 7) is 18.0. The summed E-state index contributed by atoms with van der Waals surface area (Å²) in [6, 6.07) is 0. The summed E-state index contributed by atoms with van der Waals surface area (Å²) in [4.78, 5) is 26.6.